The van der Waals surface area contributed by atoms with E-state index >= 15 is 0 Å². The third-order valence-electron chi connectivity index (χ3n) is 4.70. The Kier molecular flexibility index (Phi) is 5.88. The quantitative estimate of drug-likeness (QED) is 0.444. The number of nitrogens with one attached hydrogen (secondary N) is 1. The van der Waals surface area contributed by atoms with Gasteiger partial charge in [-0.3, -0.25) is 14.2 Å². The standard InChI is InChI=1S/C23H18ClN3O2S/c1-30-20-7-3-2-6-19(20)26-22(28)18-13-16-5-4-12-25-21(16)27(23(18)29)14-15-8-10-17(24)11-9-15/h2-13H,14H2,1H3,(H,26,28). The van der Waals surface area contributed by atoms with Gasteiger partial charge in [-0.15, -0.1) is 11.8 Å². The van der Waals surface area contributed by atoms with Crippen molar-refractivity contribution in [1.82, 2.24) is 9.55 Å². The fourth-order valence-corrected chi connectivity index (χ4v) is 3.91. The zero-order chi connectivity index (χ0) is 21.1. The number of anilines is 1. The van der Waals surface area contributed by atoms with E-state index in [-0.39, 0.29) is 12.1 Å². The number of hydrogen-bond donors (Lipinski definition) is 1. The van der Waals surface area contributed by atoms with E-state index in [0.29, 0.717) is 16.4 Å². The van der Waals surface area contributed by atoms with Gasteiger partial charge >= 0.3 is 0 Å². The Labute approximate surface area is 182 Å². The number of carbonyl (C=O) groups excluding carboxylic acids is 1. The van der Waals surface area contributed by atoms with Gasteiger partial charge in [-0.1, -0.05) is 35.9 Å². The molecule has 5 nitrogen and oxygen atoms in total. The van der Waals surface area contributed by atoms with Crippen LogP contribution in [0.3, 0.4) is 0 Å². The van der Waals surface area contributed by atoms with Crippen LogP contribution in [0.15, 0.2) is 82.6 Å². The van der Waals surface area contributed by atoms with Crippen LogP contribution in [0.1, 0.15) is 15.9 Å². The number of aromatic nitrogens is 2. The number of rotatable bonds is 5. The van der Waals surface area contributed by atoms with Crippen molar-refractivity contribution >= 4 is 46.0 Å². The number of pyridine rings is 2. The van der Waals surface area contributed by atoms with Gasteiger partial charge in [0.15, 0.2) is 0 Å². The second-order valence-electron chi connectivity index (χ2n) is 6.65. The second kappa shape index (κ2) is 8.73. The summed E-state index contributed by atoms with van der Waals surface area (Å²) in [6.45, 7) is 0.284. The van der Waals surface area contributed by atoms with Crippen molar-refractivity contribution < 1.29 is 4.79 Å². The normalized spacial score (nSPS) is 10.9. The molecule has 2 aromatic carbocycles. The Balaban J connectivity index is 1.78. The highest BCUT2D eigenvalue weighted by atomic mass is 35.5. The lowest BCUT2D eigenvalue weighted by Crippen LogP contribution is -2.30. The zero-order valence-corrected chi connectivity index (χ0v) is 17.7. The van der Waals surface area contributed by atoms with E-state index in [9.17, 15) is 9.59 Å². The van der Waals surface area contributed by atoms with Crippen molar-refractivity contribution in [1.29, 1.82) is 0 Å². The summed E-state index contributed by atoms with van der Waals surface area (Å²) < 4.78 is 1.52. The third-order valence-corrected chi connectivity index (χ3v) is 5.75. The van der Waals surface area contributed by atoms with E-state index in [2.05, 4.69) is 10.3 Å². The minimum atomic E-state index is -0.447. The minimum absolute atomic E-state index is 0.0698. The SMILES string of the molecule is CSc1ccccc1NC(=O)c1cc2cccnc2n(Cc2ccc(Cl)cc2)c1=O. The maximum Gasteiger partial charge on any atom is 0.265 e. The first-order chi connectivity index (χ1) is 14.6. The van der Waals surface area contributed by atoms with Crippen LogP contribution in [0.4, 0.5) is 5.69 Å². The molecule has 4 aromatic rings. The number of fused-ring (bicyclic) bond motifs is 1. The molecule has 0 saturated carbocycles. The first-order valence-electron chi connectivity index (χ1n) is 9.24. The molecular weight excluding hydrogens is 418 g/mol. The lowest BCUT2D eigenvalue weighted by molar-refractivity contribution is 0.102. The molecule has 1 N–H and O–H groups in total. The lowest BCUT2D eigenvalue weighted by atomic mass is 10.1. The molecule has 7 heteroatoms. The molecule has 4 rings (SSSR count). The van der Waals surface area contributed by atoms with Crippen molar-refractivity contribution in [2.45, 2.75) is 11.4 Å². The molecule has 30 heavy (non-hydrogen) atoms. The molecule has 0 aliphatic carbocycles. The van der Waals surface area contributed by atoms with Crippen LogP contribution in [0.5, 0.6) is 0 Å². The summed E-state index contributed by atoms with van der Waals surface area (Å²) in [6.07, 6.45) is 3.57. The van der Waals surface area contributed by atoms with Gasteiger partial charge in [0.1, 0.15) is 11.2 Å². The number of carbonyl (C=O) groups is 1. The molecular formula is C23H18ClN3O2S. The van der Waals surface area contributed by atoms with E-state index in [4.69, 9.17) is 11.6 Å². The van der Waals surface area contributed by atoms with Gasteiger partial charge in [-0.25, -0.2) is 4.98 Å². The van der Waals surface area contributed by atoms with Crippen molar-refractivity contribution in [3.05, 3.63) is 99.4 Å². The van der Waals surface area contributed by atoms with Crippen LogP contribution in [-0.4, -0.2) is 21.7 Å². The van der Waals surface area contributed by atoms with Crippen molar-refractivity contribution in [3.8, 4) is 0 Å². The summed E-state index contributed by atoms with van der Waals surface area (Å²) >= 11 is 7.50. The number of nitrogens with zero attached hydrogens (tertiary/aromatic N) is 2. The molecule has 0 fully saturated rings. The number of para-hydroxylation sites is 1. The number of thioether (sulfide) groups is 1. The van der Waals surface area contributed by atoms with Crippen LogP contribution in [0.25, 0.3) is 11.0 Å². The highest BCUT2D eigenvalue weighted by molar-refractivity contribution is 7.98. The summed E-state index contributed by atoms with van der Waals surface area (Å²) in [4.78, 5) is 31.6. The fraction of sp³-hybridized carbons (Fsp3) is 0.0870. The number of halogens is 1. The molecule has 150 valence electrons. The number of amides is 1. The monoisotopic (exact) mass is 435 g/mol. The minimum Gasteiger partial charge on any atom is -0.321 e. The second-order valence-corrected chi connectivity index (χ2v) is 7.93. The first kappa shape index (κ1) is 20.2. The van der Waals surface area contributed by atoms with E-state index in [1.807, 2.05) is 48.7 Å². The molecule has 0 saturated heterocycles. The van der Waals surface area contributed by atoms with Gasteiger partial charge in [0.2, 0.25) is 0 Å². The lowest BCUT2D eigenvalue weighted by Gasteiger charge is -2.13. The Morgan fingerprint density at radius 1 is 1.10 bits per heavy atom. The average molecular weight is 436 g/mol. The van der Waals surface area contributed by atoms with E-state index in [1.54, 1.807) is 30.5 Å². The smallest absolute Gasteiger partial charge is 0.265 e. The summed E-state index contributed by atoms with van der Waals surface area (Å²) in [5.74, 6) is -0.447. The van der Waals surface area contributed by atoms with Crippen LogP contribution in [-0.2, 0) is 6.54 Å². The van der Waals surface area contributed by atoms with Gasteiger partial charge in [-0.2, -0.15) is 0 Å². The van der Waals surface area contributed by atoms with Crippen LogP contribution >= 0.6 is 23.4 Å². The molecule has 0 aliphatic rings. The van der Waals surface area contributed by atoms with Gasteiger partial charge in [0, 0.05) is 21.5 Å². The zero-order valence-electron chi connectivity index (χ0n) is 16.1. The molecule has 1 amide bonds. The highest BCUT2D eigenvalue weighted by Gasteiger charge is 2.17. The molecule has 0 atom stereocenters. The van der Waals surface area contributed by atoms with Crippen LogP contribution in [0, 0.1) is 0 Å². The fourth-order valence-electron chi connectivity index (χ4n) is 3.23. The molecule has 0 radical (unpaired) electrons. The maximum absolute atomic E-state index is 13.3. The molecule has 2 heterocycles. The van der Waals surface area contributed by atoms with Crippen LogP contribution in [0.2, 0.25) is 5.02 Å². The van der Waals surface area contributed by atoms with E-state index in [1.165, 1.54) is 16.3 Å². The predicted octanol–water partition coefficient (Wildman–Crippen LogP) is 5.07. The van der Waals surface area contributed by atoms with Gasteiger partial charge < -0.3 is 5.32 Å². The van der Waals surface area contributed by atoms with Crippen LogP contribution < -0.4 is 10.9 Å². The molecule has 0 aliphatic heterocycles. The molecule has 0 unspecified atom stereocenters. The van der Waals surface area contributed by atoms with Crippen molar-refractivity contribution in [2.75, 3.05) is 11.6 Å². The third kappa shape index (κ3) is 4.10. The Hall–Kier alpha value is -3.09. The number of benzene rings is 2. The summed E-state index contributed by atoms with van der Waals surface area (Å²) in [7, 11) is 0. The summed E-state index contributed by atoms with van der Waals surface area (Å²) in [6, 6.07) is 20.0. The molecule has 0 spiro atoms. The topological polar surface area (TPSA) is 64.0 Å². The Morgan fingerprint density at radius 3 is 2.63 bits per heavy atom. The molecule has 0 bridgehead atoms. The largest absolute Gasteiger partial charge is 0.321 e. The highest BCUT2D eigenvalue weighted by Crippen LogP contribution is 2.25. The van der Waals surface area contributed by atoms with E-state index in [0.717, 1.165) is 15.8 Å². The van der Waals surface area contributed by atoms with Gasteiger partial charge in [0.05, 0.1) is 12.2 Å². The maximum atomic E-state index is 13.3. The Bertz CT molecular complexity index is 1290. The van der Waals surface area contributed by atoms with Crippen molar-refractivity contribution in [3.63, 3.8) is 0 Å². The van der Waals surface area contributed by atoms with E-state index < -0.39 is 11.5 Å². The van der Waals surface area contributed by atoms with Gasteiger partial charge in [0.25, 0.3) is 11.5 Å². The predicted molar refractivity (Wildman–Crippen MR) is 123 cm³/mol. The first-order valence-corrected chi connectivity index (χ1v) is 10.8. The average Bonchev–Trinajstić information content (AvgIpc) is 2.77. The molecule has 2 aromatic heterocycles. The number of hydrogen-bond acceptors (Lipinski definition) is 4. The summed E-state index contributed by atoms with van der Waals surface area (Å²) in [5.41, 5.74) is 1.76. The Morgan fingerprint density at radius 2 is 1.87 bits per heavy atom. The van der Waals surface area contributed by atoms with Gasteiger partial charge in [-0.05, 0) is 54.3 Å². The summed E-state index contributed by atoms with van der Waals surface area (Å²) in [5, 5.41) is 4.21. The van der Waals surface area contributed by atoms with Crippen molar-refractivity contribution in [2.24, 2.45) is 0 Å².